The van der Waals surface area contributed by atoms with E-state index in [0.717, 1.165) is 88.9 Å². The molecule has 76 heavy (non-hydrogen) atoms. The maximum Gasteiger partial charge on any atom is 0.410 e. The van der Waals surface area contributed by atoms with Crippen LogP contribution in [-0.4, -0.2) is 111 Å². The first kappa shape index (κ1) is 65.1. The van der Waals surface area contributed by atoms with Crippen LogP contribution in [0.25, 0.3) is 0 Å². The van der Waals surface area contributed by atoms with E-state index in [1.807, 2.05) is 0 Å². The second kappa shape index (κ2) is 33.2. The Morgan fingerprint density at radius 2 is 0.697 bits per heavy atom. The molecule has 0 saturated heterocycles. The van der Waals surface area contributed by atoms with E-state index in [1.165, 1.54) is 56.3 Å². The molecular formula is C61H105NO14. The van der Waals surface area contributed by atoms with Gasteiger partial charge in [-0.15, -0.1) is 0 Å². The number of ether oxygens (including phenoxy) is 7. The summed E-state index contributed by atoms with van der Waals surface area (Å²) >= 11 is 0. The highest BCUT2D eigenvalue weighted by molar-refractivity contribution is 5.74. The largest absolute Gasteiger partial charge is 0.465 e. The van der Waals surface area contributed by atoms with E-state index < -0.39 is 40.8 Å². The number of amides is 1. The van der Waals surface area contributed by atoms with Gasteiger partial charge >= 0.3 is 35.9 Å². The van der Waals surface area contributed by atoms with E-state index in [-0.39, 0.29) is 96.3 Å². The van der Waals surface area contributed by atoms with Crippen LogP contribution in [-0.2, 0) is 57.1 Å². The van der Waals surface area contributed by atoms with Crippen molar-refractivity contribution in [1.82, 2.24) is 4.90 Å². The van der Waals surface area contributed by atoms with Crippen molar-refractivity contribution in [2.24, 2.45) is 58.2 Å². The van der Waals surface area contributed by atoms with Crippen LogP contribution < -0.4 is 0 Å². The molecule has 0 aromatic carbocycles. The zero-order valence-electron chi connectivity index (χ0n) is 48.9. The number of carbonyl (C=O) groups excluding carboxylic acids is 6. The average Bonchev–Trinajstić information content (AvgIpc) is 3.38. The summed E-state index contributed by atoms with van der Waals surface area (Å²) in [4.78, 5) is 80.7. The number of nitrogens with zero attached hydrogens (tertiary/aromatic N) is 1. The summed E-state index contributed by atoms with van der Waals surface area (Å²) in [7, 11) is 0. The van der Waals surface area contributed by atoms with E-state index in [1.54, 1.807) is 34.6 Å². The van der Waals surface area contributed by atoms with Crippen LogP contribution in [0.2, 0.25) is 0 Å². The SMILES string of the molecule is CC1CCC(CCC(=O)OCC(C)(COC(=O)CCC2CCC(C)CC2)COC(=O)CCN(CCC(=O)OCC(C)(COC(=O)CCC2CCC(C)CC2)COC(O)CCC2CCC(C)CC2)C(=O)OC(C)(C)C)CC1. The van der Waals surface area contributed by atoms with Crippen molar-refractivity contribution in [3.8, 4) is 0 Å². The van der Waals surface area contributed by atoms with Gasteiger partial charge in [-0.2, -0.15) is 0 Å². The van der Waals surface area contributed by atoms with Crippen LogP contribution in [0.1, 0.15) is 229 Å². The molecule has 2 unspecified atom stereocenters. The molecule has 0 aromatic heterocycles. The number of esters is 5. The van der Waals surface area contributed by atoms with Crippen LogP contribution in [0.3, 0.4) is 0 Å². The minimum Gasteiger partial charge on any atom is -0.465 e. The van der Waals surface area contributed by atoms with Crippen molar-refractivity contribution in [3.05, 3.63) is 0 Å². The number of rotatable bonds is 31. The smallest absolute Gasteiger partial charge is 0.410 e. The molecule has 4 fully saturated rings. The van der Waals surface area contributed by atoms with Crippen LogP contribution in [0.4, 0.5) is 4.79 Å². The Labute approximate surface area is 458 Å². The topological polar surface area (TPSA) is 190 Å². The summed E-state index contributed by atoms with van der Waals surface area (Å²) in [6.45, 7) is 16.8. The summed E-state index contributed by atoms with van der Waals surface area (Å²) in [5.74, 6) is 2.64. The first-order valence-electron chi connectivity index (χ1n) is 30.0. The predicted molar refractivity (Wildman–Crippen MR) is 291 cm³/mol. The monoisotopic (exact) mass is 1080 g/mol. The van der Waals surface area contributed by atoms with Gasteiger partial charge in [0.1, 0.15) is 38.6 Å². The summed E-state index contributed by atoms with van der Waals surface area (Å²) < 4.78 is 40.5. The fourth-order valence-corrected chi connectivity index (χ4v) is 11.2. The normalized spacial score (nSPS) is 26.1. The van der Waals surface area contributed by atoms with Gasteiger partial charge in [0.25, 0.3) is 0 Å². The van der Waals surface area contributed by atoms with Crippen molar-refractivity contribution >= 4 is 35.9 Å². The molecule has 15 nitrogen and oxygen atoms in total. The van der Waals surface area contributed by atoms with E-state index >= 15 is 0 Å². The van der Waals surface area contributed by atoms with Crippen LogP contribution in [0, 0.1) is 58.2 Å². The number of hydrogen-bond donors (Lipinski definition) is 1. The van der Waals surface area contributed by atoms with Crippen molar-refractivity contribution in [3.63, 3.8) is 0 Å². The van der Waals surface area contributed by atoms with Gasteiger partial charge in [-0.05, 0) is 107 Å². The van der Waals surface area contributed by atoms with Crippen molar-refractivity contribution < 1.29 is 67.0 Å². The van der Waals surface area contributed by atoms with E-state index in [4.69, 9.17) is 33.2 Å². The zero-order valence-corrected chi connectivity index (χ0v) is 48.9. The van der Waals surface area contributed by atoms with Gasteiger partial charge in [0, 0.05) is 32.4 Å². The Balaban J connectivity index is 1.31. The molecule has 0 aliphatic heterocycles. The van der Waals surface area contributed by atoms with Crippen molar-refractivity contribution in [2.45, 2.75) is 241 Å². The molecule has 0 bridgehead atoms. The third kappa shape index (κ3) is 27.4. The molecule has 0 aromatic rings. The highest BCUT2D eigenvalue weighted by Crippen LogP contribution is 2.35. The molecule has 4 rings (SSSR count). The molecule has 4 aliphatic rings. The summed E-state index contributed by atoms with van der Waals surface area (Å²) in [5, 5.41) is 10.9. The van der Waals surface area contributed by atoms with Gasteiger partial charge in [0.15, 0.2) is 6.29 Å². The van der Waals surface area contributed by atoms with Crippen LogP contribution in [0.15, 0.2) is 0 Å². The molecule has 0 spiro atoms. The molecule has 1 amide bonds. The highest BCUT2D eigenvalue weighted by Gasteiger charge is 2.34. The van der Waals surface area contributed by atoms with Crippen LogP contribution in [0.5, 0.6) is 0 Å². The minimum atomic E-state index is -1.03. The Morgan fingerprint density at radius 3 is 1.00 bits per heavy atom. The zero-order chi connectivity index (χ0) is 55.7. The summed E-state index contributed by atoms with van der Waals surface area (Å²) in [6.07, 6.45) is 20.6. The van der Waals surface area contributed by atoms with Gasteiger partial charge < -0.3 is 43.2 Å². The van der Waals surface area contributed by atoms with E-state index in [0.29, 0.717) is 48.3 Å². The fraction of sp³-hybridized carbons (Fsp3) is 0.902. The number of aliphatic hydroxyl groups excluding tert-OH is 1. The molecule has 0 radical (unpaired) electrons. The summed E-state index contributed by atoms with van der Waals surface area (Å²) in [5.41, 5.74) is -2.88. The number of hydrogen-bond acceptors (Lipinski definition) is 14. The standard InChI is InChI=1S/C61H105NO14/c1-44-10-18-48(19-11-44)26-30-52(63)70-38-60(8,39-71-53(64)31-27-49-20-12-45(2)13-21-49)42-74-56(67)34-36-62(58(69)76-59(5,6)7)37-35-57(68)75-43-61(9,40-72-54(65)32-28-50-22-14-46(3)15-23-50)41-73-55(66)33-29-51-24-16-47(4)17-25-51/h44-52,63H,10-43H2,1-9H3. The second-order valence-corrected chi connectivity index (χ2v) is 26.4. The first-order chi connectivity index (χ1) is 35.9. The molecule has 438 valence electrons. The second-order valence-electron chi connectivity index (χ2n) is 26.4. The van der Waals surface area contributed by atoms with Crippen molar-refractivity contribution in [1.29, 1.82) is 0 Å². The van der Waals surface area contributed by atoms with Gasteiger partial charge in [0.05, 0.1) is 30.3 Å². The Kier molecular flexibility index (Phi) is 28.4. The fourth-order valence-electron chi connectivity index (χ4n) is 11.2. The lowest BCUT2D eigenvalue weighted by Crippen LogP contribution is -2.40. The van der Waals surface area contributed by atoms with Gasteiger partial charge in [-0.1, -0.05) is 137 Å². The number of carbonyl (C=O) groups is 6. The van der Waals surface area contributed by atoms with Gasteiger partial charge in [0.2, 0.25) is 0 Å². The average molecular weight is 1080 g/mol. The molecule has 1 N–H and O–H groups in total. The Morgan fingerprint density at radius 1 is 0.421 bits per heavy atom. The summed E-state index contributed by atoms with van der Waals surface area (Å²) in [6, 6.07) is 0. The molecule has 0 heterocycles. The lowest BCUT2D eigenvalue weighted by atomic mass is 9.81. The highest BCUT2D eigenvalue weighted by atomic mass is 16.6. The Hall–Kier alpha value is -3.46. The molecule has 2 atom stereocenters. The third-order valence-electron chi connectivity index (χ3n) is 17.0. The molecule has 4 aliphatic carbocycles. The van der Waals surface area contributed by atoms with Crippen molar-refractivity contribution in [2.75, 3.05) is 52.7 Å². The van der Waals surface area contributed by atoms with Gasteiger partial charge in [-0.3, -0.25) is 24.0 Å². The predicted octanol–water partition coefficient (Wildman–Crippen LogP) is 12.5. The minimum absolute atomic E-state index is 0.0211. The maximum absolute atomic E-state index is 13.5. The van der Waals surface area contributed by atoms with E-state index in [9.17, 15) is 33.9 Å². The quantitative estimate of drug-likeness (QED) is 0.0392. The molecular weight excluding hydrogens is 971 g/mol. The molecule has 4 saturated carbocycles. The Bertz CT molecular complexity index is 1690. The lowest BCUT2D eigenvalue weighted by molar-refractivity contribution is -0.169. The third-order valence-corrected chi connectivity index (χ3v) is 17.0. The maximum atomic E-state index is 13.5. The van der Waals surface area contributed by atoms with E-state index in [2.05, 4.69) is 27.7 Å². The van der Waals surface area contributed by atoms with Crippen LogP contribution >= 0.6 is 0 Å². The molecule has 15 heteroatoms. The van der Waals surface area contributed by atoms with Gasteiger partial charge in [-0.25, -0.2) is 4.79 Å². The lowest BCUT2D eigenvalue weighted by Gasteiger charge is -2.31. The number of aliphatic hydroxyl groups is 1. The first-order valence-corrected chi connectivity index (χ1v) is 30.0.